The first-order valence-electron chi connectivity index (χ1n) is 10.2. The van der Waals surface area contributed by atoms with E-state index in [4.69, 9.17) is 39.8 Å². The van der Waals surface area contributed by atoms with E-state index in [1.807, 2.05) is 36.8 Å². The molecule has 1 unspecified atom stereocenters. The minimum absolute atomic E-state index is 0.0409. The number of hydrogen-bond acceptors (Lipinski definition) is 6. The highest BCUT2D eigenvalue weighted by molar-refractivity contribution is 7.89. The molecule has 0 spiro atoms. The summed E-state index contributed by atoms with van der Waals surface area (Å²) in [7, 11) is -0.195. The predicted octanol–water partition coefficient (Wildman–Crippen LogP) is 3.49. The fourth-order valence-corrected chi connectivity index (χ4v) is 7.20. The average Bonchev–Trinajstić information content (AvgIpc) is 3.32. The number of nitrogens with zero attached hydrogens (tertiary/aromatic N) is 4. The Bertz CT molecular complexity index is 1310. The highest BCUT2D eigenvalue weighted by atomic mass is 35.5. The summed E-state index contributed by atoms with van der Waals surface area (Å²) in [5.74, 6) is 0.789. The van der Waals surface area contributed by atoms with Crippen LogP contribution in [-0.4, -0.2) is 56.2 Å². The van der Waals surface area contributed by atoms with Gasteiger partial charge in [0.1, 0.15) is 29.1 Å². The van der Waals surface area contributed by atoms with E-state index in [-0.39, 0.29) is 15.4 Å². The molecule has 1 aromatic carbocycles. The lowest BCUT2D eigenvalue weighted by Gasteiger charge is -2.26. The molecule has 13 heteroatoms. The van der Waals surface area contributed by atoms with E-state index in [1.165, 1.54) is 17.4 Å². The maximum Gasteiger partial charge on any atom is 0.245 e. The first-order chi connectivity index (χ1) is 15.7. The fourth-order valence-electron chi connectivity index (χ4n) is 3.64. The molecule has 33 heavy (non-hydrogen) atoms. The molecule has 4 rings (SSSR count). The molecule has 7 nitrogen and oxygen atoms in total. The maximum atomic E-state index is 12.8. The van der Waals surface area contributed by atoms with Crippen molar-refractivity contribution in [1.82, 2.24) is 19.4 Å². The van der Waals surface area contributed by atoms with Gasteiger partial charge in [0.05, 0.1) is 10.0 Å². The molecule has 174 valence electrons. The Morgan fingerprint density at radius 2 is 2.06 bits per heavy atom. The van der Waals surface area contributed by atoms with Gasteiger partial charge in [-0.2, -0.15) is 5.10 Å². The quantitative estimate of drug-likeness (QED) is 0.348. The lowest BCUT2D eigenvalue weighted by Crippen LogP contribution is -2.35. The van der Waals surface area contributed by atoms with Crippen LogP contribution in [0.3, 0.4) is 0 Å². The van der Waals surface area contributed by atoms with E-state index in [9.17, 15) is 8.42 Å². The van der Waals surface area contributed by atoms with Gasteiger partial charge in [0.25, 0.3) is 0 Å². The van der Waals surface area contributed by atoms with Crippen LogP contribution in [0.5, 0.6) is 0 Å². The number of nitrogens with one attached hydrogen (secondary N) is 1. The van der Waals surface area contributed by atoms with Crippen LogP contribution in [0.2, 0.25) is 13.7 Å². The Morgan fingerprint density at radius 3 is 2.76 bits per heavy atom. The van der Waals surface area contributed by atoms with Crippen LogP contribution in [0, 0.1) is 0 Å². The van der Waals surface area contributed by atoms with Gasteiger partial charge in [-0.05, 0) is 30.6 Å². The Kier molecular flexibility index (Phi) is 7.55. The summed E-state index contributed by atoms with van der Waals surface area (Å²) >= 11 is 19.4. The summed E-state index contributed by atoms with van der Waals surface area (Å²) in [4.78, 5) is 4.84. The van der Waals surface area contributed by atoms with Crippen molar-refractivity contribution in [3.63, 3.8) is 0 Å². The second-order valence-electron chi connectivity index (χ2n) is 7.68. The van der Waals surface area contributed by atoms with E-state index in [0.29, 0.717) is 35.3 Å². The summed E-state index contributed by atoms with van der Waals surface area (Å²) < 4.78 is 29.2. The molecule has 1 aliphatic heterocycles. The molecule has 0 saturated heterocycles. The van der Waals surface area contributed by atoms with Crippen molar-refractivity contribution in [2.45, 2.75) is 23.9 Å². The zero-order valence-electron chi connectivity index (χ0n) is 17.9. The highest BCUT2D eigenvalue weighted by Crippen LogP contribution is 2.35. The zero-order chi connectivity index (χ0) is 23.8. The average molecular weight is 545 g/mol. The topological polar surface area (TPSA) is 79.6 Å². The second kappa shape index (κ2) is 10.1. The molecule has 3 aromatic rings. The van der Waals surface area contributed by atoms with Gasteiger partial charge in [0.15, 0.2) is 0 Å². The van der Waals surface area contributed by atoms with Gasteiger partial charge in [-0.3, -0.25) is 5.32 Å². The van der Waals surface area contributed by atoms with Crippen molar-refractivity contribution in [2.24, 2.45) is 4.99 Å². The first-order valence-corrected chi connectivity index (χ1v) is 13.6. The summed E-state index contributed by atoms with van der Waals surface area (Å²) in [5, 5.41) is 8.61. The third-order valence-electron chi connectivity index (χ3n) is 5.40. The Morgan fingerprint density at radius 1 is 1.30 bits per heavy atom. The summed E-state index contributed by atoms with van der Waals surface area (Å²) in [6, 6.07) is 9.03. The number of sulfonamides is 1. The normalized spacial score (nSPS) is 16.2. The Balaban J connectivity index is 1.42. The number of benzene rings is 1. The smallest absolute Gasteiger partial charge is 0.245 e. The van der Waals surface area contributed by atoms with Crippen LogP contribution < -0.4 is 10.8 Å². The molecular formula is C20H21BCl3N5O2S2. The zero-order valence-corrected chi connectivity index (χ0v) is 21.8. The number of aliphatic imine (C=N–C) groups is 1. The molecule has 0 aliphatic carbocycles. The second-order valence-corrected chi connectivity index (χ2v) is 12.4. The van der Waals surface area contributed by atoms with Gasteiger partial charge in [0.2, 0.25) is 10.0 Å². The molecule has 0 bridgehead atoms. The van der Waals surface area contributed by atoms with E-state index >= 15 is 0 Å². The molecule has 1 atom stereocenters. The highest BCUT2D eigenvalue weighted by Gasteiger charge is 2.27. The first kappa shape index (κ1) is 24.7. The number of aromatic nitrogens is 2. The number of halogens is 3. The summed E-state index contributed by atoms with van der Waals surface area (Å²) in [5.41, 5.74) is 2.76. The van der Waals surface area contributed by atoms with Crippen molar-refractivity contribution < 1.29 is 8.42 Å². The Hall–Kier alpha value is -1.40. The Labute approximate surface area is 212 Å². The molecular weight excluding hydrogens is 524 g/mol. The molecule has 0 amide bonds. The van der Waals surface area contributed by atoms with Crippen LogP contribution in [0.15, 0.2) is 46.4 Å². The third kappa shape index (κ3) is 5.17. The van der Waals surface area contributed by atoms with Gasteiger partial charge < -0.3 is 0 Å². The van der Waals surface area contributed by atoms with Crippen molar-refractivity contribution in [3.05, 3.63) is 55.8 Å². The molecule has 0 radical (unpaired) electrons. The van der Waals surface area contributed by atoms with Crippen LogP contribution in [0.1, 0.15) is 24.6 Å². The lowest BCUT2D eigenvalue weighted by atomic mass is 9.98. The molecule has 0 fully saturated rings. The van der Waals surface area contributed by atoms with Crippen LogP contribution in [-0.2, 0) is 10.0 Å². The molecule has 1 aliphatic rings. The van der Waals surface area contributed by atoms with Crippen molar-refractivity contribution in [1.29, 1.82) is 0 Å². The molecule has 2 aromatic heterocycles. The molecule has 3 heterocycles. The van der Waals surface area contributed by atoms with E-state index in [1.54, 1.807) is 6.20 Å². The van der Waals surface area contributed by atoms with Gasteiger partial charge in [0, 0.05) is 36.8 Å². The van der Waals surface area contributed by atoms with Crippen molar-refractivity contribution in [3.8, 4) is 0 Å². The number of fused-ring (bicyclic) bond motifs is 1. The monoisotopic (exact) mass is 543 g/mol. The summed E-state index contributed by atoms with van der Waals surface area (Å²) in [6.07, 6.45) is 2.87. The largest absolute Gasteiger partial charge is 0.295 e. The summed E-state index contributed by atoms with van der Waals surface area (Å²) in [6.45, 7) is 0.902. The molecule has 1 N–H and O–H groups in total. The van der Waals surface area contributed by atoms with Gasteiger partial charge >= 0.3 is 0 Å². The van der Waals surface area contributed by atoms with E-state index < -0.39 is 10.0 Å². The fraction of sp³-hybridized carbons (Fsp3) is 0.300. The van der Waals surface area contributed by atoms with Crippen LogP contribution in [0.25, 0.3) is 0 Å². The van der Waals surface area contributed by atoms with Crippen molar-refractivity contribution >= 4 is 81.0 Å². The van der Waals surface area contributed by atoms with E-state index in [2.05, 4.69) is 10.4 Å². The minimum atomic E-state index is -3.70. The van der Waals surface area contributed by atoms with Gasteiger partial charge in [-0.1, -0.05) is 53.0 Å². The molecule has 0 saturated carbocycles. The maximum absolute atomic E-state index is 12.8. The number of rotatable bonds is 8. The minimum Gasteiger partial charge on any atom is -0.295 e. The number of hydrogen-bond donors (Lipinski definition) is 1. The lowest BCUT2D eigenvalue weighted by molar-refractivity contribution is 0.365. The SMILES string of the molecule is Bc1cnn2c1N=C(c1ccccc1Cl)CC2NCCCN(C)S(=O)(=O)c1cc(Cl)sc1Cl. The standard InChI is InChI=1S/C20H21BCl3N5O2S2/c1-28(33(30,31)16-10-17(23)32-19(16)24)8-4-7-25-18-9-15(12-5-2-3-6-14(12)22)27-20-13(21)11-26-29(18)20/h2-3,5-6,10-11,18,25H,4,7-9,21H2,1H3. The predicted molar refractivity (Wildman–Crippen MR) is 138 cm³/mol. The van der Waals surface area contributed by atoms with Gasteiger partial charge in [-0.15, -0.1) is 11.3 Å². The van der Waals surface area contributed by atoms with E-state index in [0.717, 1.165) is 33.9 Å². The van der Waals surface area contributed by atoms with Gasteiger partial charge in [-0.25, -0.2) is 22.4 Å². The van der Waals surface area contributed by atoms with Crippen LogP contribution >= 0.6 is 46.1 Å². The van der Waals surface area contributed by atoms with Crippen LogP contribution in [0.4, 0.5) is 5.82 Å². The van der Waals surface area contributed by atoms with Crippen molar-refractivity contribution in [2.75, 3.05) is 20.1 Å². The number of thiophene rings is 1. The third-order valence-corrected chi connectivity index (χ3v) is 9.34.